The van der Waals surface area contributed by atoms with E-state index in [1.165, 1.54) is 0 Å². The van der Waals surface area contributed by atoms with Crippen molar-refractivity contribution in [2.24, 2.45) is 0 Å². The van der Waals surface area contributed by atoms with E-state index in [1.807, 2.05) is 0 Å². The second kappa shape index (κ2) is 2.59. The van der Waals surface area contributed by atoms with Crippen molar-refractivity contribution >= 4 is 5.97 Å². The zero-order valence-corrected chi connectivity index (χ0v) is 4.51. The second-order valence-corrected chi connectivity index (χ2v) is 1.37. The second-order valence-electron chi connectivity index (χ2n) is 1.37. The van der Waals surface area contributed by atoms with Gasteiger partial charge in [0.25, 0.3) is 0 Å². The van der Waals surface area contributed by atoms with Crippen LogP contribution in [0.15, 0.2) is 11.8 Å². The first kappa shape index (κ1) is 8.80. The third-order valence-electron chi connectivity index (χ3n) is 0.551. The molecule has 0 atom stereocenters. The average molecular weight is 156 g/mol. The topological polar surface area (TPSA) is 57.5 Å². The van der Waals surface area contributed by atoms with Gasteiger partial charge in [0.05, 0.1) is 6.08 Å². The van der Waals surface area contributed by atoms with Gasteiger partial charge in [0.1, 0.15) is 0 Å². The zero-order valence-electron chi connectivity index (χ0n) is 4.51. The first-order valence-corrected chi connectivity index (χ1v) is 2.05. The minimum Gasteiger partial charge on any atom is -0.504 e. The summed E-state index contributed by atoms with van der Waals surface area (Å²) in [5.41, 5.74) is 0. The van der Waals surface area contributed by atoms with E-state index in [0.717, 1.165) is 0 Å². The van der Waals surface area contributed by atoms with E-state index in [2.05, 4.69) is 0 Å². The van der Waals surface area contributed by atoms with Gasteiger partial charge in [-0.2, -0.15) is 13.2 Å². The number of alkyl halides is 3. The molecule has 0 heterocycles. The number of aliphatic carboxylic acids is 1. The van der Waals surface area contributed by atoms with Crippen LogP contribution in [0, 0.1) is 0 Å². The van der Waals surface area contributed by atoms with Gasteiger partial charge >= 0.3 is 12.1 Å². The number of aliphatic hydroxyl groups excluding tert-OH is 1. The smallest absolute Gasteiger partial charge is 0.448 e. The van der Waals surface area contributed by atoms with Crippen molar-refractivity contribution in [2.45, 2.75) is 6.18 Å². The molecule has 0 fully saturated rings. The highest BCUT2D eigenvalue weighted by atomic mass is 19.4. The molecule has 0 amide bonds. The standard InChI is InChI=1S/C4H3F3O3/c5-4(6,7)2(8)1-3(9)10/h1,8H,(H,9,10). The van der Waals surface area contributed by atoms with Crippen LogP contribution in [0.4, 0.5) is 13.2 Å². The monoisotopic (exact) mass is 156 g/mol. The molecule has 10 heavy (non-hydrogen) atoms. The summed E-state index contributed by atoms with van der Waals surface area (Å²) < 4.78 is 33.7. The summed E-state index contributed by atoms with van der Waals surface area (Å²) in [5, 5.41) is 15.6. The summed E-state index contributed by atoms with van der Waals surface area (Å²) >= 11 is 0. The summed E-state index contributed by atoms with van der Waals surface area (Å²) in [7, 11) is 0. The van der Waals surface area contributed by atoms with Crippen molar-refractivity contribution in [1.82, 2.24) is 0 Å². The molecule has 0 aliphatic rings. The molecule has 0 rings (SSSR count). The van der Waals surface area contributed by atoms with E-state index >= 15 is 0 Å². The Bertz CT molecular complexity index is 169. The number of aliphatic hydroxyl groups is 1. The Morgan fingerprint density at radius 2 is 1.70 bits per heavy atom. The summed E-state index contributed by atoms with van der Waals surface area (Å²) in [6.07, 6.45) is -5.29. The fourth-order valence-corrected chi connectivity index (χ4v) is 0.199. The highest BCUT2D eigenvalue weighted by Gasteiger charge is 2.34. The first-order chi connectivity index (χ1) is 4.34. The Morgan fingerprint density at radius 1 is 1.30 bits per heavy atom. The van der Waals surface area contributed by atoms with Gasteiger partial charge in [0, 0.05) is 0 Å². The molecule has 0 aromatic rings. The predicted octanol–water partition coefficient (Wildman–Crippen LogP) is 1.08. The maximum Gasteiger partial charge on any atom is 0.448 e. The third-order valence-corrected chi connectivity index (χ3v) is 0.551. The molecule has 0 aliphatic carbocycles. The quantitative estimate of drug-likeness (QED) is 0.441. The number of carboxylic acids is 1. The van der Waals surface area contributed by atoms with Crippen molar-refractivity contribution in [2.75, 3.05) is 0 Å². The van der Waals surface area contributed by atoms with Gasteiger partial charge in [-0.05, 0) is 0 Å². The predicted molar refractivity (Wildman–Crippen MR) is 24.4 cm³/mol. The molecule has 0 spiro atoms. The number of hydrogen-bond acceptors (Lipinski definition) is 2. The zero-order chi connectivity index (χ0) is 8.36. The van der Waals surface area contributed by atoms with E-state index in [0.29, 0.717) is 0 Å². The maximum atomic E-state index is 11.2. The number of halogens is 3. The summed E-state index contributed by atoms with van der Waals surface area (Å²) in [6, 6.07) is 0. The minimum atomic E-state index is -4.97. The Hall–Kier alpha value is -1.20. The van der Waals surface area contributed by atoms with Crippen LogP contribution in [0.2, 0.25) is 0 Å². The van der Waals surface area contributed by atoms with Crippen LogP contribution in [0.5, 0.6) is 0 Å². The van der Waals surface area contributed by atoms with E-state index in [4.69, 9.17) is 10.2 Å². The lowest BCUT2D eigenvalue weighted by atomic mass is 10.4. The van der Waals surface area contributed by atoms with Crippen LogP contribution >= 0.6 is 0 Å². The lowest BCUT2D eigenvalue weighted by molar-refractivity contribution is -0.136. The van der Waals surface area contributed by atoms with Crippen LogP contribution in [0.25, 0.3) is 0 Å². The average Bonchev–Trinajstić information content (AvgIpc) is 1.60. The number of carbonyl (C=O) groups is 1. The van der Waals surface area contributed by atoms with Crippen LogP contribution in [0.3, 0.4) is 0 Å². The Morgan fingerprint density at radius 3 is 1.80 bits per heavy atom. The molecule has 0 saturated heterocycles. The summed E-state index contributed by atoms with van der Waals surface area (Å²) in [5.74, 6) is -3.95. The van der Waals surface area contributed by atoms with Gasteiger partial charge in [-0.15, -0.1) is 0 Å². The van der Waals surface area contributed by atoms with Crippen LogP contribution in [-0.2, 0) is 4.79 Å². The fraction of sp³-hybridized carbons (Fsp3) is 0.250. The SMILES string of the molecule is O=C(O)C=C(O)C(F)(F)F. The molecule has 6 heteroatoms. The molecule has 3 nitrogen and oxygen atoms in total. The molecule has 0 aromatic carbocycles. The van der Waals surface area contributed by atoms with Gasteiger partial charge in [0.15, 0.2) is 0 Å². The molecule has 2 N–H and O–H groups in total. The molecular formula is C4H3F3O3. The van der Waals surface area contributed by atoms with Crippen molar-refractivity contribution < 1.29 is 28.2 Å². The Kier molecular flexibility index (Phi) is 2.28. The number of rotatable bonds is 1. The molecule has 0 radical (unpaired) electrons. The molecule has 58 valence electrons. The van der Waals surface area contributed by atoms with Gasteiger partial charge in [-0.1, -0.05) is 0 Å². The van der Waals surface area contributed by atoms with Gasteiger partial charge in [-0.25, -0.2) is 4.79 Å². The van der Waals surface area contributed by atoms with Crippen molar-refractivity contribution in [3.8, 4) is 0 Å². The highest BCUT2D eigenvalue weighted by Crippen LogP contribution is 2.22. The van der Waals surface area contributed by atoms with Crippen molar-refractivity contribution in [3.63, 3.8) is 0 Å². The van der Waals surface area contributed by atoms with Crippen LogP contribution < -0.4 is 0 Å². The lowest BCUT2D eigenvalue weighted by Gasteiger charge is -2.01. The molecule has 0 aliphatic heterocycles. The van der Waals surface area contributed by atoms with Crippen molar-refractivity contribution in [3.05, 3.63) is 11.8 Å². The Labute approximate surface area is 53.4 Å². The number of carboxylic acid groups (broad SMARTS) is 1. The lowest BCUT2D eigenvalue weighted by Crippen LogP contribution is -2.12. The Balaban J connectivity index is 4.35. The fourth-order valence-electron chi connectivity index (χ4n) is 0.199. The molecular weight excluding hydrogens is 153 g/mol. The van der Waals surface area contributed by atoms with E-state index < -0.39 is 17.9 Å². The van der Waals surface area contributed by atoms with Crippen LogP contribution in [-0.4, -0.2) is 22.4 Å². The molecule has 0 bridgehead atoms. The first-order valence-electron chi connectivity index (χ1n) is 2.05. The van der Waals surface area contributed by atoms with E-state index in [-0.39, 0.29) is 6.08 Å². The van der Waals surface area contributed by atoms with E-state index in [1.54, 1.807) is 0 Å². The normalized spacial score (nSPS) is 13.3. The summed E-state index contributed by atoms with van der Waals surface area (Å²) in [4.78, 5) is 9.52. The minimum absolute atomic E-state index is 0.319. The summed E-state index contributed by atoms with van der Waals surface area (Å²) in [6.45, 7) is 0. The largest absolute Gasteiger partial charge is 0.504 e. The molecule has 0 saturated carbocycles. The number of hydrogen-bond donors (Lipinski definition) is 2. The molecule has 0 unspecified atom stereocenters. The van der Waals surface area contributed by atoms with Gasteiger partial charge < -0.3 is 10.2 Å². The highest BCUT2D eigenvalue weighted by molar-refractivity contribution is 5.80. The third kappa shape index (κ3) is 2.95. The van der Waals surface area contributed by atoms with E-state index in [9.17, 15) is 18.0 Å². The number of allylic oxidation sites excluding steroid dienone is 1. The van der Waals surface area contributed by atoms with Gasteiger partial charge in [0.2, 0.25) is 5.76 Å². The van der Waals surface area contributed by atoms with Crippen LogP contribution in [0.1, 0.15) is 0 Å². The van der Waals surface area contributed by atoms with Crippen molar-refractivity contribution in [1.29, 1.82) is 0 Å². The molecule has 0 aromatic heterocycles. The maximum absolute atomic E-state index is 11.2. The van der Waals surface area contributed by atoms with Gasteiger partial charge in [-0.3, -0.25) is 0 Å².